The molecular formula is C18H15F3N4O2S. The van der Waals surface area contributed by atoms with Gasteiger partial charge >= 0.3 is 6.18 Å². The zero-order chi connectivity index (χ0) is 20.1. The number of carbonyl (C=O) groups excluding carboxylic acids is 1. The van der Waals surface area contributed by atoms with Crippen LogP contribution in [-0.4, -0.2) is 33.5 Å². The van der Waals surface area contributed by atoms with E-state index in [1.54, 1.807) is 18.2 Å². The summed E-state index contributed by atoms with van der Waals surface area (Å²) in [5.41, 5.74) is 7.37. The number of benzene rings is 1. The minimum Gasteiger partial charge on any atom is -0.493 e. The van der Waals surface area contributed by atoms with E-state index in [2.05, 4.69) is 10.1 Å². The molecule has 1 unspecified atom stereocenters. The minimum atomic E-state index is -4.43. The van der Waals surface area contributed by atoms with Crippen LogP contribution >= 0.6 is 11.3 Å². The number of halogens is 3. The van der Waals surface area contributed by atoms with Crippen molar-refractivity contribution in [3.8, 4) is 26.9 Å². The number of primary amides is 1. The van der Waals surface area contributed by atoms with Gasteiger partial charge in [0.2, 0.25) is 5.91 Å². The molecule has 4 rings (SSSR count). The number of hydrogen-bond donors (Lipinski definition) is 1. The van der Waals surface area contributed by atoms with Crippen molar-refractivity contribution in [1.82, 2.24) is 14.8 Å². The van der Waals surface area contributed by atoms with E-state index in [0.717, 1.165) is 33.9 Å². The Morgan fingerprint density at radius 1 is 1.36 bits per heavy atom. The van der Waals surface area contributed by atoms with E-state index in [1.807, 2.05) is 6.07 Å². The third-order valence-corrected chi connectivity index (χ3v) is 5.79. The molecule has 0 fully saturated rings. The van der Waals surface area contributed by atoms with E-state index < -0.39 is 18.1 Å². The lowest BCUT2D eigenvalue weighted by Gasteiger charge is -2.17. The Kier molecular flexibility index (Phi) is 4.37. The standard InChI is InChI=1S/C18H15F3N4O2S/c1-9(18(19,20)21)25-17(23-8-24-25)14-7-10-4-5-27-13-6-11(16(22)26)2-3-12(13)15(10)28-14/h2-3,6-9H,4-5H2,1H3,(H2,22,26). The van der Waals surface area contributed by atoms with Crippen molar-refractivity contribution in [2.75, 3.05) is 6.61 Å². The van der Waals surface area contributed by atoms with Crippen molar-refractivity contribution in [2.24, 2.45) is 5.73 Å². The Hall–Kier alpha value is -2.88. The van der Waals surface area contributed by atoms with Gasteiger partial charge in [-0.25, -0.2) is 9.67 Å². The van der Waals surface area contributed by atoms with Crippen LogP contribution in [0.5, 0.6) is 5.75 Å². The van der Waals surface area contributed by atoms with Gasteiger partial charge in [-0.15, -0.1) is 11.3 Å². The lowest BCUT2D eigenvalue weighted by atomic mass is 10.1. The predicted molar refractivity (Wildman–Crippen MR) is 97.3 cm³/mol. The summed E-state index contributed by atoms with van der Waals surface area (Å²) in [5.74, 6) is 0.129. The van der Waals surface area contributed by atoms with Crippen LogP contribution in [0.25, 0.3) is 21.1 Å². The number of nitrogens with zero attached hydrogens (tertiary/aromatic N) is 3. The highest BCUT2D eigenvalue weighted by atomic mass is 32.1. The highest BCUT2D eigenvalue weighted by Gasteiger charge is 2.39. The highest BCUT2D eigenvalue weighted by Crippen LogP contribution is 2.44. The summed E-state index contributed by atoms with van der Waals surface area (Å²) in [4.78, 5) is 16.9. The van der Waals surface area contributed by atoms with Gasteiger partial charge in [0.05, 0.1) is 11.5 Å². The minimum absolute atomic E-state index is 0.166. The number of ether oxygens (including phenoxy) is 1. The Balaban J connectivity index is 1.80. The van der Waals surface area contributed by atoms with Gasteiger partial charge in [0.15, 0.2) is 5.82 Å². The summed E-state index contributed by atoms with van der Waals surface area (Å²) >= 11 is 1.32. The molecule has 0 aliphatic carbocycles. The first-order valence-electron chi connectivity index (χ1n) is 8.42. The number of fused-ring (bicyclic) bond motifs is 3. The lowest BCUT2D eigenvalue weighted by Crippen LogP contribution is -2.25. The first-order chi connectivity index (χ1) is 13.3. The molecule has 28 heavy (non-hydrogen) atoms. The molecule has 0 bridgehead atoms. The van der Waals surface area contributed by atoms with Gasteiger partial charge in [-0.05, 0) is 36.8 Å². The van der Waals surface area contributed by atoms with Gasteiger partial charge in [-0.1, -0.05) is 0 Å². The number of thiophene rings is 1. The zero-order valence-corrected chi connectivity index (χ0v) is 15.5. The zero-order valence-electron chi connectivity index (χ0n) is 14.7. The van der Waals surface area contributed by atoms with Crippen LogP contribution in [0.4, 0.5) is 13.2 Å². The fourth-order valence-electron chi connectivity index (χ4n) is 3.05. The molecule has 3 heterocycles. The number of nitrogens with two attached hydrogens (primary N) is 1. The van der Waals surface area contributed by atoms with Crippen LogP contribution in [0.2, 0.25) is 0 Å². The van der Waals surface area contributed by atoms with Crippen LogP contribution in [-0.2, 0) is 6.42 Å². The summed E-state index contributed by atoms with van der Waals surface area (Å²) in [5, 5.41) is 3.78. The van der Waals surface area contributed by atoms with Gasteiger partial charge in [0, 0.05) is 22.4 Å². The van der Waals surface area contributed by atoms with Crippen molar-refractivity contribution < 1.29 is 22.7 Å². The molecule has 1 aromatic carbocycles. The molecule has 1 amide bonds. The second kappa shape index (κ2) is 6.62. The summed E-state index contributed by atoms with van der Waals surface area (Å²) in [6.07, 6.45) is -2.73. The van der Waals surface area contributed by atoms with E-state index >= 15 is 0 Å². The second-order valence-electron chi connectivity index (χ2n) is 6.38. The maximum absolute atomic E-state index is 13.1. The predicted octanol–water partition coefficient (Wildman–Crippen LogP) is 3.83. The van der Waals surface area contributed by atoms with Gasteiger partial charge < -0.3 is 10.5 Å². The van der Waals surface area contributed by atoms with Crippen LogP contribution in [0.1, 0.15) is 28.9 Å². The number of carbonyl (C=O) groups is 1. The molecule has 1 aliphatic rings. The van der Waals surface area contributed by atoms with Gasteiger partial charge in [-0.3, -0.25) is 4.79 Å². The molecule has 2 N–H and O–H groups in total. The maximum Gasteiger partial charge on any atom is 0.410 e. The first-order valence-corrected chi connectivity index (χ1v) is 9.23. The average molecular weight is 408 g/mol. The number of alkyl halides is 3. The molecule has 2 aromatic heterocycles. The normalized spacial score (nSPS) is 14.6. The van der Waals surface area contributed by atoms with Crippen molar-refractivity contribution in [3.63, 3.8) is 0 Å². The summed E-state index contributed by atoms with van der Waals surface area (Å²) in [7, 11) is 0. The maximum atomic E-state index is 13.1. The third kappa shape index (κ3) is 3.13. The lowest BCUT2D eigenvalue weighted by molar-refractivity contribution is -0.165. The van der Waals surface area contributed by atoms with E-state index in [9.17, 15) is 18.0 Å². The van der Waals surface area contributed by atoms with Crippen molar-refractivity contribution >= 4 is 17.2 Å². The molecule has 3 aromatic rings. The molecule has 6 nitrogen and oxygen atoms in total. The highest BCUT2D eigenvalue weighted by molar-refractivity contribution is 7.19. The van der Waals surface area contributed by atoms with Crippen LogP contribution in [0, 0.1) is 0 Å². The Labute approximate surface area is 161 Å². The van der Waals surface area contributed by atoms with Crippen LogP contribution in [0.15, 0.2) is 30.6 Å². The fraction of sp³-hybridized carbons (Fsp3) is 0.278. The molecule has 0 radical (unpaired) electrons. The molecular weight excluding hydrogens is 393 g/mol. The molecule has 146 valence electrons. The Bertz CT molecular complexity index is 1060. The summed E-state index contributed by atoms with van der Waals surface area (Å²) < 4.78 is 46.1. The quantitative estimate of drug-likeness (QED) is 0.714. The number of aromatic nitrogens is 3. The Morgan fingerprint density at radius 2 is 2.14 bits per heavy atom. The van der Waals surface area contributed by atoms with Gasteiger partial charge in [-0.2, -0.15) is 18.3 Å². The second-order valence-corrected chi connectivity index (χ2v) is 7.44. The topological polar surface area (TPSA) is 83.0 Å². The summed E-state index contributed by atoms with van der Waals surface area (Å²) in [6.45, 7) is 1.43. The molecule has 10 heteroatoms. The average Bonchev–Trinajstić information content (AvgIpc) is 3.23. The van der Waals surface area contributed by atoms with Crippen molar-refractivity contribution in [1.29, 1.82) is 0 Å². The van der Waals surface area contributed by atoms with Gasteiger partial charge in [0.1, 0.15) is 18.1 Å². The third-order valence-electron chi connectivity index (χ3n) is 4.58. The van der Waals surface area contributed by atoms with E-state index in [-0.39, 0.29) is 5.82 Å². The molecule has 1 aliphatic heterocycles. The molecule has 0 saturated heterocycles. The largest absolute Gasteiger partial charge is 0.493 e. The molecule has 1 atom stereocenters. The van der Waals surface area contributed by atoms with Crippen molar-refractivity contribution in [3.05, 3.63) is 41.7 Å². The monoisotopic (exact) mass is 408 g/mol. The van der Waals surface area contributed by atoms with E-state index in [4.69, 9.17) is 10.5 Å². The molecule has 0 spiro atoms. The van der Waals surface area contributed by atoms with Crippen molar-refractivity contribution in [2.45, 2.75) is 25.6 Å². The Morgan fingerprint density at radius 3 is 2.86 bits per heavy atom. The number of hydrogen-bond acceptors (Lipinski definition) is 5. The first kappa shape index (κ1) is 18.5. The van der Waals surface area contributed by atoms with E-state index in [1.165, 1.54) is 11.3 Å². The molecule has 0 saturated carbocycles. The van der Waals surface area contributed by atoms with E-state index in [0.29, 0.717) is 29.2 Å². The fourth-order valence-corrected chi connectivity index (χ4v) is 4.28. The smallest absolute Gasteiger partial charge is 0.410 e. The summed E-state index contributed by atoms with van der Waals surface area (Å²) in [6, 6.07) is 4.96. The van der Waals surface area contributed by atoms with Crippen LogP contribution in [0.3, 0.4) is 0 Å². The SMILES string of the molecule is CC(n1ncnc1-c1cc2c(s1)-c1ccc(C(N)=O)cc1OCC2)C(F)(F)F. The van der Waals surface area contributed by atoms with Crippen LogP contribution < -0.4 is 10.5 Å². The number of amides is 1. The number of rotatable bonds is 3. The van der Waals surface area contributed by atoms with Gasteiger partial charge in [0.25, 0.3) is 0 Å².